The molecule has 1 saturated carbocycles. The lowest BCUT2D eigenvalue weighted by atomic mass is 9.95. The van der Waals surface area contributed by atoms with Gasteiger partial charge in [-0.05, 0) is 42.2 Å². The van der Waals surface area contributed by atoms with Crippen molar-refractivity contribution in [3.05, 3.63) is 75.5 Å². The second kappa shape index (κ2) is 7.02. The predicted octanol–water partition coefficient (Wildman–Crippen LogP) is 4.31. The summed E-state index contributed by atoms with van der Waals surface area (Å²) in [5, 5.41) is 3.22. The van der Waals surface area contributed by atoms with E-state index in [1.165, 1.54) is 12.1 Å². The third-order valence-electron chi connectivity index (χ3n) is 5.03. The van der Waals surface area contributed by atoms with Crippen molar-refractivity contribution in [1.82, 2.24) is 15.3 Å². The van der Waals surface area contributed by atoms with Crippen LogP contribution in [0.4, 0.5) is 13.2 Å². The quantitative estimate of drug-likeness (QED) is 0.684. The van der Waals surface area contributed by atoms with Crippen LogP contribution in [0.3, 0.4) is 0 Å². The third kappa shape index (κ3) is 3.87. The highest BCUT2D eigenvalue weighted by atomic mass is 19.4. The highest BCUT2D eigenvalue weighted by Gasteiger charge is 2.33. The summed E-state index contributed by atoms with van der Waals surface area (Å²) in [5.74, 6) is 0.122. The Morgan fingerprint density at radius 2 is 1.86 bits per heavy atom. The molecule has 8 heteroatoms. The molecule has 1 atom stereocenters. The molecule has 150 valence electrons. The highest BCUT2D eigenvalue weighted by Crippen LogP contribution is 2.38. The molecule has 2 aromatic carbocycles. The number of fused-ring (bicyclic) bond motifs is 1. The third-order valence-corrected chi connectivity index (χ3v) is 5.03. The fraction of sp³-hybridized carbons (Fsp3) is 0.286. The van der Waals surface area contributed by atoms with Crippen LogP contribution in [0.25, 0.3) is 10.8 Å². The number of amides is 1. The van der Waals surface area contributed by atoms with E-state index in [0.717, 1.165) is 25.0 Å². The Hall–Kier alpha value is -3.16. The van der Waals surface area contributed by atoms with Gasteiger partial charge in [-0.25, -0.2) is 4.98 Å². The Morgan fingerprint density at radius 3 is 2.52 bits per heavy atom. The summed E-state index contributed by atoms with van der Waals surface area (Å²) in [5.41, 5.74) is -0.576. The number of hydrogen-bond acceptors (Lipinski definition) is 3. The highest BCUT2D eigenvalue weighted by molar-refractivity contribution is 5.94. The van der Waals surface area contributed by atoms with Crippen LogP contribution in [-0.2, 0) is 6.18 Å². The average molecular weight is 401 g/mol. The fourth-order valence-electron chi connectivity index (χ4n) is 3.44. The maximum Gasteiger partial charge on any atom is 0.417 e. The van der Waals surface area contributed by atoms with E-state index in [4.69, 9.17) is 0 Å². The van der Waals surface area contributed by atoms with Crippen molar-refractivity contribution >= 4 is 16.7 Å². The molecule has 1 aliphatic rings. The normalized spacial score (nSPS) is 15.3. The van der Waals surface area contributed by atoms with E-state index >= 15 is 0 Å². The number of rotatable bonds is 4. The number of benzene rings is 2. The first kappa shape index (κ1) is 19.2. The van der Waals surface area contributed by atoms with Gasteiger partial charge in [0.15, 0.2) is 0 Å². The van der Waals surface area contributed by atoms with E-state index in [1.807, 2.05) is 0 Å². The number of carbonyl (C=O) groups is 1. The Labute approximate surface area is 164 Å². The molecule has 1 heterocycles. The molecule has 4 rings (SSSR count). The second-order valence-electron chi connectivity index (χ2n) is 7.23. The zero-order valence-corrected chi connectivity index (χ0v) is 15.5. The summed E-state index contributed by atoms with van der Waals surface area (Å²) < 4.78 is 40.0. The maximum absolute atomic E-state index is 13.3. The van der Waals surface area contributed by atoms with E-state index in [1.54, 1.807) is 25.1 Å². The van der Waals surface area contributed by atoms with E-state index in [0.29, 0.717) is 16.8 Å². The van der Waals surface area contributed by atoms with Crippen molar-refractivity contribution in [1.29, 1.82) is 0 Å². The molecule has 2 N–H and O–H groups in total. The second-order valence-corrected chi connectivity index (χ2v) is 7.23. The van der Waals surface area contributed by atoms with Gasteiger partial charge < -0.3 is 10.3 Å². The van der Waals surface area contributed by atoms with Crippen LogP contribution < -0.4 is 10.9 Å². The van der Waals surface area contributed by atoms with Crippen LogP contribution in [0.15, 0.2) is 47.3 Å². The van der Waals surface area contributed by atoms with Gasteiger partial charge >= 0.3 is 6.18 Å². The lowest BCUT2D eigenvalue weighted by molar-refractivity contribution is -0.136. The molecule has 0 saturated heterocycles. The van der Waals surface area contributed by atoms with Gasteiger partial charge in [-0.3, -0.25) is 9.59 Å². The molecule has 0 aliphatic heterocycles. The summed E-state index contributed by atoms with van der Waals surface area (Å²) in [6, 6.07) is 9.15. The Bertz CT molecular complexity index is 1150. The van der Waals surface area contributed by atoms with Crippen LogP contribution in [0.1, 0.15) is 59.2 Å². The van der Waals surface area contributed by atoms with Crippen molar-refractivity contribution in [2.75, 3.05) is 0 Å². The zero-order chi connectivity index (χ0) is 20.8. The minimum atomic E-state index is -4.47. The number of alkyl halides is 3. The van der Waals surface area contributed by atoms with Crippen LogP contribution >= 0.6 is 0 Å². The van der Waals surface area contributed by atoms with E-state index in [-0.39, 0.29) is 17.0 Å². The Morgan fingerprint density at radius 1 is 1.17 bits per heavy atom. The first-order chi connectivity index (χ1) is 13.7. The molecular weight excluding hydrogens is 383 g/mol. The number of aromatic amines is 1. The van der Waals surface area contributed by atoms with Crippen LogP contribution in [0, 0.1) is 0 Å². The van der Waals surface area contributed by atoms with Gasteiger partial charge in [-0.2, -0.15) is 13.2 Å². The number of H-pyrrole nitrogens is 1. The average Bonchev–Trinajstić information content (AvgIpc) is 3.51. The molecule has 3 aromatic rings. The molecule has 0 radical (unpaired) electrons. The van der Waals surface area contributed by atoms with Crippen LogP contribution in [-0.4, -0.2) is 15.9 Å². The summed E-state index contributed by atoms with van der Waals surface area (Å²) in [7, 11) is 0. The number of carbonyl (C=O) groups excluding carboxylic acids is 1. The first-order valence-electron chi connectivity index (χ1n) is 9.25. The molecule has 0 unspecified atom stereocenters. The molecule has 0 spiro atoms. The Balaban J connectivity index is 1.65. The smallest absolute Gasteiger partial charge is 0.344 e. The van der Waals surface area contributed by atoms with Crippen molar-refractivity contribution in [3.8, 4) is 0 Å². The summed E-state index contributed by atoms with van der Waals surface area (Å²) in [6.45, 7) is 1.68. The summed E-state index contributed by atoms with van der Waals surface area (Å²) in [6.07, 6.45) is -2.64. The largest absolute Gasteiger partial charge is 0.417 e. The number of nitrogens with zero attached hydrogens (tertiary/aromatic N) is 1. The molecule has 5 nitrogen and oxygen atoms in total. The molecule has 29 heavy (non-hydrogen) atoms. The van der Waals surface area contributed by atoms with Crippen molar-refractivity contribution in [2.24, 2.45) is 0 Å². The minimum absolute atomic E-state index is 0.00119. The van der Waals surface area contributed by atoms with Crippen molar-refractivity contribution in [2.45, 2.75) is 37.9 Å². The maximum atomic E-state index is 13.3. The van der Waals surface area contributed by atoms with Gasteiger partial charge in [-0.15, -0.1) is 0 Å². The first-order valence-corrected chi connectivity index (χ1v) is 9.25. The van der Waals surface area contributed by atoms with Crippen molar-refractivity contribution < 1.29 is 18.0 Å². The van der Waals surface area contributed by atoms with Gasteiger partial charge in [0.1, 0.15) is 11.5 Å². The van der Waals surface area contributed by atoms with Crippen molar-refractivity contribution in [3.63, 3.8) is 0 Å². The van der Waals surface area contributed by atoms with Gasteiger partial charge in [0.25, 0.3) is 11.5 Å². The van der Waals surface area contributed by atoms with Gasteiger partial charge in [-0.1, -0.05) is 30.3 Å². The summed E-state index contributed by atoms with van der Waals surface area (Å²) in [4.78, 5) is 31.3. The molecule has 1 aromatic heterocycles. The minimum Gasteiger partial charge on any atom is -0.344 e. The van der Waals surface area contributed by atoms with Gasteiger partial charge in [0, 0.05) is 12.0 Å². The SMILES string of the molecule is C[C@@H](NC(=O)c1cc(=O)[nH]c(C2CC2)n1)c1ccc(C(F)(F)F)c2ccccc12. The summed E-state index contributed by atoms with van der Waals surface area (Å²) >= 11 is 0. The molecule has 1 amide bonds. The van der Waals surface area contributed by atoms with Crippen LogP contribution in [0.2, 0.25) is 0 Å². The monoisotopic (exact) mass is 401 g/mol. The Kier molecular flexibility index (Phi) is 4.64. The lowest BCUT2D eigenvalue weighted by Gasteiger charge is -2.19. The zero-order valence-electron chi connectivity index (χ0n) is 15.5. The topological polar surface area (TPSA) is 74.8 Å². The van der Waals surface area contributed by atoms with Gasteiger partial charge in [0.2, 0.25) is 0 Å². The van der Waals surface area contributed by atoms with Gasteiger partial charge in [0.05, 0.1) is 11.6 Å². The molecule has 1 aliphatic carbocycles. The number of hydrogen-bond donors (Lipinski definition) is 2. The molecule has 1 fully saturated rings. The molecule has 0 bridgehead atoms. The number of halogens is 3. The van der Waals surface area contributed by atoms with Crippen LogP contribution in [0.5, 0.6) is 0 Å². The van der Waals surface area contributed by atoms with E-state index < -0.39 is 29.2 Å². The van der Waals surface area contributed by atoms with E-state index in [9.17, 15) is 22.8 Å². The van der Waals surface area contributed by atoms with E-state index in [2.05, 4.69) is 15.3 Å². The number of nitrogens with one attached hydrogen (secondary N) is 2. The fourth-order valence-corrected chi connectivity index (χ4v) is 3.44. The lowest BCUT2D eigenvalue weighted by Crippen LogP contribution is -2.29. The molecular formula is C21H18F3N3O2. The number of aromatic nitrogens is 2. The standard InChI is InChI=1S/C21H18F3N3O2/c1-11(25-20(29)17-10-18(28)27-19(26-17)12-6-7-12)13-8-9-16(21(22,23)24)15-5-3-2-4-14(13)15/h2-5,8-12H,6-7H2,1H3,(H,25,29)(H,26,27,28)/t11-/m1/s1. The predicted molar refractivity (Wildman–Crippen MR) is 102 cm³/mol.